The highest BCUT2D eigenvalue weighted by atomic mass is 32.2. The fourth-order valence-electron chi connectivity index (χ4n) is 1.89. The Morgan fingerprint density at radius 1 is 1.17 bits per heavy atom. The predicted molar refractivity (Wildman–Crippen MR) is 87.5 cm³/mol. The molecule has 0 fully saturated rings. The van der Waals surface area contributed by atoms with Gasteiger partial charge in [-0.1, -0.05) is 17.8 Å². The molecule has 0 aliphatic rings. The van der Waals surface area contributed by atoms with Gasteiger partial charge in [0.05, 0.1) is 10.8 Å². The van der Waals surface area contributed by atoms with Crippen LogP contribution >= 0.6 is 11.8 Å². The summed E-state index contributed by atoms with van der Waals surface area (Å²) in [5, 5.41) is 0.731. The maximum absolute atomic E-state index is 13.0. The molecule has 2 rings (SSSR count). The molecule has 23 heavy (non-hydrogen) atoms. The number of halogens is 1. The zero-order valence-corrected chi connectivity index (χ0v) is 13.1. The number of primary amides is 1. The molecule has 120 valence electrons. The van der Waals surface area contributed by atoms with Crippen LogP contribution in [0.25, 0.3) is 0 Å². The summed E-state index contributed by atoms with van der Waals surface area (Å²) in [5.41, 5.74) is 5.68. The number of rotatable bonds is 7. The van der Waals surface area contributed by atoms with Crippen molar-refractivity contribution in [2.24, 2.45) is 5.73 Å². The van der Waals surface area contributed by atoms with Gasteiger partial charge in [0.25, 0.3) is 0 Å². The zero-order chi connectivity index (χ0) is 16.7. The normalized spacial score (nSPS) is 10.3. The lowest BCUT2D eigenvalue weighted by Gasteiger charge is -2.22. The van der Waals surface area contributed by atoms with E-state index in [-0.39, 0.29) is 30.4 Å². The summed E-state index contributed by atoms with van der Waals surface area (Å²) in [5.74, 6) is -0.928. The molecule has 0 aliphatic heterocycles. The van der Waals surface area contributed by atoms with Crippen LogP contribution in [-0.2, 0) is 9.59 Å². The molecule has 2 amide bonds. The highest BCUT2D eigenvalue weighted by molar-refractivity contribution is 7.99. The minimum absolute atomic E-state index is 0.0391. The van der Waals surface area contributed by atoms with E-state index in [4.69, 9.17) is 5.73 Å². The van der Waals surface area contributed by atoms with Crippen LogP contribution in [0.5, 0.6) is 0 Å². The topological polar surface area (TPSA) is 76.3 Å². The number of pyridine rings is 1. The number of nitrogens with zero attached hydrogens (tertiary/aromatic N) is 2. The van der Waals surface area contributed by atoms with Gasteiger partial charge < -0.3 is 10.6 Å². The number of nitrogens with two attached hydrogens (primary N) is 1. The lowest BCUT2D eigenvalue weighted by molar-refractivity contribution is -0.118. The predicted octanol–water partition coefficient (Wildman–Crippen LogP) is 2.22. The minimum Gasteiger partial charge on any atom is -0.370 e. The van der Waals surface area contributed by atoms with E-state index in [0.717, 1.165) is 5.03 Å². The summed E-state index contributed by atoms with van der Waals surface area (Å²) in [6.45, 7) is 0.155. The average molecular weight is 333 g/mol. The fraction of sp³-hybridized carbons (Fsp3) is 0.188. The van der Waals surface area contributed by atoms with Gasteiger partial charge in [-0.2, -0.15) is 0 Å². The fourth-order valence-corrected chi connectivity index (χ4v) is 2.62. The largest absolute Gasteiger partial charge is 0.370 e. The van der Waals surface area contributed by atoms with Crippen molar-refractivity contribution in [2.45, 2.75) is 11.4 Å². The van der Waals surface area contributed by atoms with Gasteiger partial charge in [-0.05, 0) is 36.4 Å². The van der Waals surface area contributed by atoms with Gasteiger partial charge in [-0.3, -0.25) is 9.59 Å². The highest BCUT2D eigenvalue weighted by Gasteiger charge is 2.17. The molecule has 0 unspecified atom stereocenters. The van der Waals surface area contributed by atoms with E-state index in [0.29, 0.717) is 5.69 Å². The standard InChI is InChI=1S/C16H16FN3O2S/c17-12-4-6-13(7-5-12)20(10-8-14(18)21)16(22)11-23-15-3-1-2-9-19-15/h1-7,9H,8,10-11H2,(H2,18,21). The number of aromatic nitrogens is 1. The van der Waals surface area contributed by atoms with Crippen molar-refractivity contribution in [1.82, 2.24) is 4.98 Å². The summed E-state index contributed by atoms with van der Waals surface area (Å²) in [6, 6.07) is 11.0. The van der Waals surface area contributed by atoms with Crippen LogP contribution in [0.2, 0.25) is 0 Å². The van der Waals surface area contributed by atoms with E-state index >= 15 is 0 Å². The number of hydrogen-bond donors (Lipinski definition) is 1. The van der Waals surface area contributed by atoms with Crippen LogP contribution in [-0.4, -0.2) is 29.1 Å². The maximum atomic E-state index is 13.0. The van der Waals surface area contributed by atoms with E-state index in [1.54, 1.807) is 12.3 Å². The van der Waals surface area contributed by atoms with Gasteiger partial charge in [0.2, 0.25) is 11.8 Å². The second-order valence-electron chi connectivity index (χ2n) is 4.69. The summed E-state index contributed by atoms with van der Waals surface area (Å²) >= 11 is 1.30. The lowest BCUT2D eigenvalue weighted by atomic mass is 10.2. The highest BCUT2D eigenvalue weighted by Crippen LogP contribution is 2.19. The van der Waals surface area contributed by atoms with Gasteiger partial charge in [0.15, 0.2) is 0 Å². The Morgan fingerprint density at radius 3 is 2.52 bits per heavy atom. The molecule has 1 aromatic heterocycles. The maximum Gasteiger partial charge on any atom is 0.237 e. The van der Waals surface area contributed by atoms with E-state index in [9.17, 15) is 14.0 Å². The van der Waals surface area contributed by atoms with Gasteiger partial charge in [-0.15, -0.1) is 0 Å². The van der Waals surface area contributed by atoms with Crippen LogP contribution in [0, 0.1) is 5.82 Å². The molecule has 1 aromatic carbocycles. The molecule has 0 aliphatic carbocycles. The number of carbonyl (C=O) groups excluding carboxylic acids is 2. The first-order valence-corrected chi connectivity index (χ1v) is 7.93. The summed E-state index contributed by atoms with van der Waals surface area (Å²) < 4.78 is 13.0. The van der Waals surface area contributed by atoms with Crippen LogP contribution in [0.3, 0.4) is 0 Å². The average Bonchev–Trinajstić information content (AvgIpc) is 2.55. The Morgan fingerprint density at radius 2 is 1.91 bits per heavy atom. The third kappa shape index (κ3) is 5.37. The summed E-state index contributed by atoms with van der Waals surface area (Å²) in [6.07, 6.45) is 1.69. The van der Waals surface area contributed by atoms with Crippen molar-refractivity contribution in [1.29, 1.82) is 0 Å². The van der Waals surface area contributed by atoms with Crippen molar-refractivity contribution in [3.8, 4) is 0 Å². The number of anilines is 1. The van der Waals surface area contributed by atoms with E-state index < -0.39 is 5.91 Å². The van der Waals surface area contributed by atoms with Gasteiger partial charge >= 0.3 is 0 Å². The SMILES string of the molecule is NC(=O)CCN(C(=O)CSc1ccccn1)c1ccc(F)cc1. The molecule has 7 heteroatoms. The molecule has 0 saturated carbocycles. The number of thioether (sulfide) groups is 1. The summed E-state index contributed by atoms with van der Waals surface area (Å²) in [7, 11) is 0. The van der Waals surface area contributed by atoms with Gasteiger partial charge in [0.1, 0.15) is 5.82 Å². The van der Waals surface area contributed by atoms with Crippen LogP contribution in [0.15, 0.2) is 53.7 Å². The van der Waals surface area contributed by atoms with Crippen molar-refractivity contribution < 1.29 is 14.0 Å². The second kappa shape index (κ2) is 8.28. The van der Waals surface area contributed by atoms with Crippen molar-refractivity contribution in [2.75, 3.05) is 17.2 Å². The monoisotopic (exact) mass is 333 g/mol. The van der Waals surface area contributed by atoms with E-state index in [2.05, 4.69) is 4.98 Å². The second-order valence-corrected chi connectivity index (χ2v) is 5.69. The molecule has 2 aromatic rings. The van der Waals surface area contributed by atoms with Crippen LogP contribution < -0.4 is 10.6 Å². The molecule has 0 radical (unpaired) electrons. The number of carbonyl (C=O) groups is 2. The Bertz CT molecular complexity index is 665. The third-order valence-corrected chi connectivity index (χ3v) is 3.93. The number of amides is 2. The third-order valence-electron chi connectivity index (χ3n) is 3.00. The first-order chi connectivity index (χ1) is 11.1. The quantitative estimate of drug-likeness (QED) is 0.788. The molecule has 2 N–H and O–H groups in total. The Hall–Kier alpha value is -2.41. The Kier molecular flexibility index (Phi) is 6.10. The molecule has 0 saturated heterocycles. The minimum atomic E-state index is -0.498. The molecule has 0 bridgehead atoms. The van der Waals surface area contributed by atoms with Gasteiger partial charge in [0, 0.05) is 24.8 Å². The van der Waals surface area contributed by atoms with Crippen molar-refractivity contribution in [3.63, 3.8) is 0 Å². The summed E-state index contributed by atoms with van der Waals surface area (Å²) in [4.78, 5) is 29.0. The van der Waals surface area contributed by atoms with Crippen molar-refractivity contribution >= 4 is 29.3 Å². The molecule has 5 nitrogen and oxygen atoms in total. The Labute approximate surface area is 137 Å². The molecule has 0 spiro atoms. The first-order valence-electron chi connectivity index (χ1n) is 6.94. The first kappa shape index (κ1) is 17.0. The van der Waals surface area contributed by atoms with Crippen LogP contribution in [0.1, 0.15) is 6.42 Å². The molecular weight excluding hydrogens is 317 g/mol. The molecule has 0 atom stereocenters. The molecular formula is C16H16FN3O2S. The van der Waals surface area contributed by atoms with Crippen LogP contribution in [0.4, 0.5) is 10.1 Å². The smallest absolute Gasteiger partial charge is 0.237 e. The lowest BCUT2D eigenvalue weighted by Crippen LogP contribution is -2.35. The molecule has 1 heterocycles. The van der Waals surface area contributed by atoms with Crippen molar-refractivity contribution in [3.05, 3.63) is 54.5 Å². The van der Waals surface area contributed by atoms with E-state index in [1.807, 2.05) is 12.1 Å². The van der Waals surface area contributed by atoms with E-state index in [1.165, 1.54) is 40.9 Å². The number of benzene rings is 1. The zero-order valence-electron chi connectivity index (χ0n) is 12.3. The Balaban J connectivity index is 2.07. The van der Waals surface area contributed by atoms with Gasteiger partial charge in [-0.25, -0.2) is 9.37 Å². The number of hydrogen-bond acceptors (Lipinski definition) is 4.